The minimum atomic E-state index is -0.0754. The molecule has 1 aromatic heterocycles. The van der Waals surface area contributed by atoms with Crippen LogP contribution < -0.4 is 5.32 Å². The minimum Gasteiger partial charge on any atom is -0.349 e. The molecule has 116 valence electrons. The summed E-state index contributed by atoms with van der Waals surface area (Å²) in [5.74, 6) is -0.0754. The lowest BCUT2D eigenvalue weighted by Crippen LogP contribution is -2.48. The molecule has 2 bridgehead atoms. The summed E-state index contributed by atoms with van der Waals surface area (Å²) in [6.45, 7) is 0. The summed E-state index contributed by atoms with van der Waals surface area (Å²) in [7, 11) is 2.20. The molecule has 0 unspecified atom stereocenters. The topological polar surface area (TPSA) is 61.0 Å². The van der Waals surface area contributed by atoms with Crippen LogP contribution >= 0.6 is 11.6 Å². The number of aromatic nitrogens is 2. The van der Waals surface area contributed by atoms with Gasteiger partial charge in [0.1, 0.15) is 5.52 Å². The van der Waals surface area contributed by atoms with Gasteiger partial charge in [0.2, 0.25) is 0 Å². The molecule has 2 N–H and O–H groups in total. The molecule has 2 aromatic rings. The van der Waals surface area contributed by atoms with E-state index in [1.165, 1.54) is 12.8 Å². The van der Waals surface area contributed by atoms with Crippen LogP contribution in [0.25, 0.3) is 11.0 Å². The van der Waals surface area contributed by atoms with Crippen molar-refractivity contribution in [2.75, 3.05) is 7.05 Å². The van der Waals surface area contributed by atoms with Gasteiger partial charge in [-0.2, -0.15) is 0 Å². The number of carbonyl (C=O) groups excluding carboxylic acids is 1. The number of piperidine rings is 1. The van der Waals surface area contributed by atoms with Gasteiger partial charge in [-0.15, -0.1) is 0 Å². The zero-order chi connectivity index (χ0) is 15.3. The zero-order valence-corrected chi connectivity index (χ0v) is 13.2. The largest absolute Gasteiger partial charge is 0.349 e. The maximum Gasteiger partial charge on any atom is 0.253 e. The smallest absolute Gasteiger partial charge is 0.253 e. The van der Waals surface area contributed by atoms with E-state index in [9.17, 15) is 4.79 Å². The van der Waals surface area contributed by atoms with E-state index in [1.54, 1.807) is 18.5 Å². The summed E-state index contributed by atoms with van der Waals surface area (Å²) in [6.07, 6.45) is 6.14. The van der Waals surface area contributed by atoms with E-state index in [-0.39, 0.29) is 11.9 Å². The molecule has 0 spiro atoms. The third-order valence-electron chi connectivity index (χ3n) is 5.17. The second-order valence-corrected chi connectivity index (χ2v) is 6.88. The summed E-state index contributed by atoms with van der Waals surface area (Å²) in [5, 5.41) is 3.73. The molecule has 5 nitrogen and oxygen atoms in total. The van der Waals surface area contributed by atoms with Crippen LogP contribution in [0.5, 0.6) is 0 Å². The SMILES string of the molecule is CN1[C@H]2CC[C@H]1CC(NC(=O)c1cc(Cl)cc3[nH]cnc13)C2. The Labute approximate surface area is 134 Å². The molecule has 2 fully saturated rings. The van der Waals surface area contributed by atoms with Crippen molar-refractivity contribution in [1.82, 2.24) is 20.2 Å². The summed E-state index contributed by atoms with van der Waals surface area (Å²) in [6, 6.07) is 4.94. The first kappa shape index (κ1) is 14.0. The first-order chi connectivity index (χ1) is 10.6. The predicted molar refractivity (Wildman–Crippen MR) is 86.2 cm³/mol. The van der Waals surface area contributed by atoms with Gasteiger partial charge in [-0.1, -0.05) is 11.6 Å². The van der Waals surface area contributed by atoms with Gasteiger partial charge in [-0.3, -0.25) is 4.79 Å². The Balaban J connectivity index is 1.56. The van der Waals surface area contributed by atoms with Crippen molar-refractivity contribution >= 4 is 28.5 Å². The number of rotatable bonds is 2. The number of halogens is 1. The molecular weight excluding hydrogens is 300 g/mol. The quantitative estimate of drug-likeness (QED) is 0.894. The maximum absolute atomic E-state index is 12.7. The van der Waals surface area contributed by atoms with Crippen LogP contribution in [0.4, 0.5) is 0 Å². The third-order valence-corrected chi connectivity index (χ3v) is 5.38. The monoisotopic (exact) mass is 318 g/mol. The Kier molecular flexibility index (Phi) is 3.35. The Morgan fingerprint density at radius 2 is 2.09 bits per heavy atom. The summed E-state index contributed by atoms with van der Waals surface area (Å²) in [5.41, 5.74) is 2.02. The highest BCUT2D eigenvalue weighted by molar-refractivity contribution is 6.32. The number of carbonyl (C=O) groups is 1. The Bertz CT molecular complexity index is 714. The van der Waals surface area contributed by atoms with Gasteiger partial charge in [0, 0.05) is 23.1 Å². The van der Waals surface area contributed by atoms with Crippen molar-refractivity contribution in [3.05, 3.63) is 29.0 Å². The van der Waals surface area contributed by atoms with Crippen LogP contribution in [-0.2, 0) is 0 Å². The highest BCUT2D eigenvalue weighted by atomic mass is 35.5. The fraction of sp³-hybridized carbons (Fsp3) is 0.500. The number of amides is 1. The third kappa shape index (κ3) is 2.29. The molecule has 1 amide bonds. The lowest BCUT2D eigenvalue weighted by molar-refractivity contribution is 0.0884. The van der Waals surface area contributed by atoms with Gasteiger partial charge >= 0.3 is 0 Å². The van der Waals surface area contributed by atoms with Crippen molar-refractivity contribution in [2.24, 2.45) is 0 Å². The number of imidazole rings is 1. The van der Waals surface area contributed by atoms with Crippen molar-refractivity contribution in [3.8, 4) is 0 Å². The number of fused-ring (bicyclic) bond motifs is 3. The predicted octanol–water partition coefficient (Wildman–Crippen LogP) is 2.57. The van der Waals surface area contributed by atoms with E-state index in [2.05, 4.69) is 27.2 Å². The summed E-state index contributed by atoms with van der Waals surface area (Å²) >= 11 is 6.11. The molecule has 2 aliphatic heterocycles. The van der Waals surface area contributed by atoms with Crippen LogP contribution in [0, 0.1) is 0 Å². The van der Waals surface area contributed by atoms with Crippen LogP contribution in [0.3, 0.4) is 0 Å². The molecule has 22 heavy (non-hydrogen) atoms. The average Bonchev–Trinajstić information content (AvgIpc) is 3.00. The second kappa shape index (κ2) is 5.25. The van der Waals surface area contributed by atoms with E-state index in [4.69, 9.17) is 11.6 Å². The van der Waals surface area contributed by atoms with Crippen LogP contribution in [0.2, 0.25) is 5.02 Å². The first-order valence-electron chi connectivity index (χ1n) is 7.77. The molecule has 1 aromatic carbocycles. The molecule has 0 aliphatic carbocycles. The first-order valence-corrected chi connectivity index (χ1v) is 8.15. The van der Waals surface area contributed by atoms with Crippen molar-refractivity contribution in [2.45, 2.75) is 43.8 Å². The number of nitrogens with zero attached hydrogens (tertiary/aromatic N) is 2. The van der Waals surface area contributed by atoms with E-state index in [0.29, 0.717) is 28.2 Å². The lowest BCUT2D eigenvalue weighted by Gasteiger charge is -2.36. The normalized spacial score (nSPS) is 28.2. The molecule has 6 heteroatoms. The van der Waals surface area contributed by atoms with Gasteiger partial charge in [0.15, 0.2) is 0 Å². The lowest BCUT2D eigenvalue weighted by atomic mass is 9.97. The number of hydrogen-bond donors (Lipinski definition) is 2. The molecule has 2 aliphatic rings. The number of nitrogens with one attached hydrogen (secondary N) is 2. The number of aromatic amines is 1. The van der Waals surface area contributed by atoms with Crippen LogP contribution in [0.15, 0.2) is 18.5 Å². The molecule has 4 rings (SSSR count). The molecule has 0 radical (unpaired) electrons. The Hall–Kier alpha value is -1.59. The molecular formula is C16H19ClN4O. The maximum atomic E-state index is 12.7. The van der Waals surface area contributed by atoms with Crippen LogP contribution in [0.1, 0.15) is 36.0 Å². The molecule has 0 saturated carbocycles. The van der Waals surface area contributed by atoms with E-state index >= 15 is 0 Å². The number of benzene rings is 1. The second-order valence-electron chi connectivity index (χ2n) is 6.44. The average molecular weight is 319 g/mol. The Morgan fingerprint density at radius 3 is 2.82 bits per heavy atom. The van der Waals surface area contributed by atoms with Gasteiger partial charge in [0.05, 0.1) is 17.4 Å². The zero-order valence-electron chi connectivity index (χ0n) is 12.5. The standard InChI is InChI=1S/C16H19ClN4O/c1-21-11-2-3-12(21)7-10(6-11)20-16(22)13-4-9(17)5-14-15(13)19-8-18-14/h4-5,8,10-12H,2-3,6-7H2,1H3,(H,18,19)(H,20,22)/t11-,12-/m0/s1. The summed E-state index contributed by atoms with van der Waals surface area (Å²) in [4.78, 5) is 22.4. The van der Waals surface area contributed by atoms with Crippen molar-refractivity contribution in [3.63, 3.8) is 0 Å². The molecule has 2 saturated heterocycles. The minimum absolute atomic E-state index is 0.0754. The highest BCUT2D eigenvalue weighted by Crippen LogP contribution is 2.34. The van der Waals surface area contributed by atoms with E-state index in [1.807, 2.05) is 0 Å². The fourth-order valence-corrected chi connectivity index (χ4v) is 4.20. The van der Waals surface area contributed by atoms with Crippen LogP contribution in [-0.4, -0.2) is 45.9 Å². The number of H-pyrrole nitrogens is 1. The van der Waals surface area contributed by atoms with Gasteiger partial charge in [0.25, 0.3) is 5.91 Å². The molecule has 2 atom stereocenters. The highest BCUT2D eigenvalue weighted by Gasteiger charge is 2.38. The summed E-state index contributed by atoms with van der Waals surface area (Å²) < 4.78 is 0. The van der Waals surface area contributed by atoms with Gasteiger partial charge < -0.3 is 15.2 Å². The van der Waals surface area contributed by atoms with Crippen molar-refractivity contribution in [1.29, 1.82) is 0 Å². The van der Waals surface area contributed by atoms with Gasteiger partial charge in [-0.25, -0.2) is 4.98 Å². The molecule has 3 heterocycles. The van der Waals surface area contributed by atoms with Crippen molar-refractivity contribution < 1.29 is 4.79 Å². The van der Waals surface area contributed by atoms with Gasteiger partial charge in [-0.05, 0) is 44.9 Å². The van der Waals surface area contributed by atoms with E-state index in [0.717, 1.165) is 18.4 Å². The Morgan fingerprint density at radius 1 is 1.36 bits per heavy atom. The number of hydrogen-bond acceptors (Lipinski definition) is 3. The fourth-order valence-electron chi connectivity index (χ4n) is 3.98. The van der Waals surface area contributed by atoms with E-state index < -0.39 is 0 Å².